The van der Waals surface area contributed by atoms with Crippen LogP contribution in [0.4, 0.5) is 17.3 Å². The number of nitrogens with zero attached hydrogens (tertiary/aromatic N) is 8. The van der Waals surface area contributed by atoms with Crippen LogP contribution in [-0.2, 0) is 21.7 Å². The van der Waals surface area contributed by atoms with Crippen molar-refractivity contribution in [2.24, 2.45) is 7.05 Å². The molecule has 41 heavy (non-hydrogen) atoms. The summed E-state index contributed by atoms with van der Waals surface area (Å²) in [6.07, 6.45) is 3.05. The molecule has 0 saturated carbocycles. The molecule has 12 heteroatoms. The molecule has 5 aromatic rings. The molecule has 1 aliphatic rings. The molecule has 2 aromatic carbocycles. The highest BCUT2D eigenvalue weighted by Gasteiger charge is 2.25. The lowest BCUT2D eigenvalue weighted by Gasteiger charge is -2.35. The molecule has 212 valence electrons. The zero-order valence-electron chi connectivity index (χ0n) is 23.7. The van der Waals surface area contributed by atoms with Crippen LogP contribution in [-0.4, -0.2) is 83.1 Å². The molecule has 4 heterocycles. The van der Waals surface area contributed by atoms with Crippen molar-refractivity contribution in [1.29, 1.82) is 0 Å². The summed E-state index contributed by atoms with van der Waals surface area (Å²) in [7, 11) is 0.430. The number of carbonyl (C=O) groups excluding carboxylic acids is 1. The minimum Gasteiger partial charge on any atom is -0.353 e. The Bertz CT molecular complexity index is 1920. The average molecular weight is 573 g/mol. The molecule has 0 spiro atoms. The Morgan fingerprint density at radius 2 is 1.78 bits per heavy atom. The summed E-state index contributed by atoms with van der Waals surface area (Å²) in [5.41, 5.74) is 5.12. The number of rotatable bonds is 5. The van der Waals surface area contributed by atoms with Crippen molar-refractivity contribution in [1.82, 2.24) is 29.3 Å². The molecule has 3 aromatic heterocycles. The predicted octanol–water partition coefficient (Wildman–Crippen LogP) is 3.43. The van der Waals surface area contributed by atoms with Gasteiger partial charge in [0, 0.05) is 76.2 Å². The van der Waals surface area contributed by atoms with Crippen LogP contribution >= 0.6 is 0 Å². The number of anilines is 3. The topological polar surface area (TPSA) is 109 Å². The highest BCUT2D eigenvalue weighted by molar-refractivity contribution is 7.90. The molecular weight excluding hydrogens is 540 g/mol. The average Bonchev–Trinajstić information content (AvgIpc) is 3.49. The normalized spacial score (nSPS) is 14.3. The van der Waals surface area contributed by atoms with Crippen LogP contribution in [0.25, 0.3) is 27.7 Å². The molecule has 0 unspecified atom stereocenters. The van der Waals surface area contributed by atoms with E-state index in [1.165, 1.54) is 6.26 Å². The van der Waals surface area contributed by atoms with Gasteiger partial charge in [-0.05, 0) is 36.8 Å². The first-order chi connectivity index (χ1) is 19.5. The summed E-state index contributed by atoms with van der Waals surface area (Å²) in [6, 6.07) is 15.1. The molecule has 0 radical (unpaired) electrons. The number of aryl methyl sites for hydroxylation is 2. The van der Waals surface area contributed by atoms with Crippen LogP contribution in [0.15, 0.2) is 59.6 Å². The number of piperazine rings is 1. The summed E-state index contributed by atoms with van der Waals surface area (Å²) < 4.78 is 28.3. The summed E-state index contributed by atoms with van der Waals surface area (Å²) in [6.45, 7) is 6.10. The Kier molecular flexibility index (Phi) is 6.45. The highest BCUT2D eigenvalue weighted by Crippen LogP contribution is 2.35. The number of hydrogen-bond acceptors (Lipinski definition) is 8. The standard InChI is InChI=1S/C29H32N8O3S/c1-19-28(21-9-10-22-18-30-34(4)25(22)15-21)29-31-26(36-13-11-35(12-14-36)20(2)38)17-27(37(29)32-19)33(3)23-7-6-8-24(16-23)41(5,39)40/h6-10,15-18H,11-14H2,1-5H3. The lowest BCUT2D eigenvalue weighted by molar-refractivity contribution is -0.129. The van der Waals surface area contributed by atoms with Crippen molar-refractivity contribution < 1.29 is 13.2 Å². The molecular formula is C29H32N8O3S. The minimum absolute atomic E-state index is 0.0681. The molecule has 0 aliphatic carbocycles. The zero-order valence-corrected chi connectivity index (χ0v) is 24.6. The van der Waals surface area contributed by atoms with Crippen molar-refractivity contribution in [3.05, 3.63) is 60.4 Å². The Morgan fingerprint density at radius 1 is 1.02 bits per heavy atom. The van der Waals surface area contributed by atoms with Gasteiger partial charge in [0.15, 0.2) is 15.5 Å². The SMILES string of the molecule is CC(=O)N1CCN(c2cc(N(C)c3cccc(S(C)(=O)=O)c3)n3nc(C)c(-c4ccc5cnn(C)c5c4)c3n2)CC1. The van der Waals surface area contributed by atoms with Gasteiger partial charge in [-0.25, -0.2) is 13.4 Å². The van der Waals surface area contributed by atoms with Gasteiger partial charge in [-0.15, -0.1) is 0 Å². The predicted molar refractivity (Wildman–Crippen MR) is 160 cm³/mol. The molecule has 0 atom stereocenters. The van der Waals surface area contributed by atoms with Crippen LogP contribution in [0.2, 0.25) is 0 Å². The largest absolute Gasteiger partial charge is 0.353 e. The van der Waals surface area contributed by atoms with Gasteiger partial charge in [0.1, 0.15) is 11.6 Å². The van der Waals surface area contributed by atoms with Crippen molar-refractivity contribution in [2.45, 2.75) is 18.7 Å². The quantitative estimate of drug-likeness (QED) is 0.315. The smallest absolute Gasteiger partial charge is 0.219 e. The summed E-state index contributed by atoms with van der Waals surface area (Å²) in [5.74, 6) is 1.57. The molecule has 6 rings (SSSR count). The van der Waals surface area contributed by atoms with Gasteiger partial charge >= 0.3 is 0 Å². The van der Waals surface area contributed by atoms with Gasteiger partial charge < -0.3 is 14.7 Å². The fraction of sp³-hybridized carbons (Fsp3) is 0.310. The maximum absolute atomic E-state index is 12.3. The first kappa shape index (κ1) is 26.8. The first-order valence-electron chi connectivity index (χ1n) is 13.4. The molecule has 1 aliphatic heterocycles. The van der Waals surface area contributed by atoms with E-state index in [1.807, 2.05) is 58.3 Å². The second kappa shape index (κ2) is 9.88. The van der Waals surface area contributed by atoms with Crippen LogP contribution < -0.4 is 9.80 Å². The van der Waals surface area contributed by atoms with Crippen LogP contribution in [0, 0.1) is 6.92 Å². The Hall–Kier alpha value is -4.45. The maximum Gasteiger partial charge on any atom is 0.219 e. The van der Waals surface area contributed by atoms with Crippen LogP contribution in [0.1, 0.15) is 12.6 Å². The third-order valence-corrected chi connectivity index (χ3v) is 8.91. The number of sulfone groups is 1. The molecule has 0 N–H and O–H groups in total. The van der Waals surface area contributed by atoms with E-state index in [0.717, 1.165) is 39.4 Å². The van der Waals surface area contributed by atoms with Gasteiger partial charge in [0.25, 0.3) is 0 Å². The Balaban J connectivity index is 1.53. The van der Waals surface area contributed by atoms with Gasteiger partial charge in [-0.1, -0.05) is 18.2 Å². The third-order valence-electron chi connectivity index (χ3n) is 7.80. The van der Waals surface area contributed by atoms with E-state index in [-0.39, 0.29) is 10.8 Å². The van der Waals surface area contributed by atoms with E-state index in [2.05, 4.69) is 28.2 Å². The number of fused-ring (bicyclic) bond motifs is 2. The summed E-state index contributed by atoms with van der Waals surface area (Å²) in [5, 5.41) is 10.4. The van der Waals surface area contributed by atoms with Crippen LogP contribution in [0.3, 0.4) is 0 Å². The van der Waals surface area contributed by atoms with E-state index in [4.69, 9.17) is 10.1 Å². The number of carbonyl (C=O) groups is 1. The number of hydrogen-bond donors (Lipinski definition) is 0. The maximum atomic E-state index is 12.3. The molecule has 11 nitrogen and oxygen atoms in total. The second-order valence-corrected chi connectivity index (χ2v) is 12.5. The van der Waals surface area contributed by atoms with E-state index < -0.39 is 9.84 Å². The van der Waals surface area contributed by atoms with E-state index in [1.54, 1.807) is 25.1 Å². The number of benzene rings is 2. The summed E-state index contributed by atoms with van der Waals surface area (Å²) >= 11 is 0. The lowest BCUT2D eigenvalue weighted by atomic mass is 10.0. The zero-order chi connectivity index (χ0) is 29.1. The number of amides is 1. The minimum atomic E-state index is -3.39. The highest BCUT2D eigenvalue weighted by atomic mass is 32.2. The summed E-state index contributed by atoms with van der Waals surface area (Å²) in [4.78, 5) is 23.3. The monoisotopic (exact) mass is 572 g/mol. The van der Waals surface area contributed by atoms with E-state index >= 15 is 0 Å². The first-order valence-corrected chi connectivity index (χ1v) is 15.3. The fourth-order valence-electron chi connectivity index (χ4n) is 5.44. The molecule has 1 saturated heterocycles. The Morgan fingerprint density at radius 3 is 2.49 bits per heavy atom. The second-order valence-electron chi connectivity index (χ2n) is 10.5. The van der Waals surface area contributed by atoms with E-state index in [0.29, 0.717) is 37.5 Å². The molecule has 0 bridgehead atoms. The third kappa shape index (κ3) is 4.77. The molecule has 1 fully saturated rings. The van der Waals surface area contributed by atoms with Gasteiger partial charge in [0.2, 0.25) is 5.91 Å². The van der Waals surface area contributed by atoms with Crippen LogP contribution in [0.5, 0.6) is 0 Å². The lowest BCUT2D eigenvalue weighted by Crippen LogP contribution is -2.48. The van der Waals surface area contributed by atoms with Crippen molar-refractivity contribution in [2.75, 3.05) is 49.3 Å². The van der Waals surface area contributed by atoms with Gasteiger partial charge in [0.05, 0.1) is 22.3 Å². The van der Waals surface area contributed by atoms with Crippen molar-refractivity contribution in [3.63, 3.8) is 0 Å². The van der Waals surface area contributed by atoms with Crippen molar-refractivity contribution >= 4 is 49.6 Å². The van der Waals surface area contributed by atoms with E-state index in [9.17, 15) is 13.2 Å². The Labute approximate surface area is 238 Å². The van der Waals surface area contributed by atoms with Gasteiger partial charge in [-0.3, -0.25) is 9.48 Å². The van der Waals surface area contributed by atoms with Crippen molar-refractivity contribution in [3.8, 4) is 11.1 Å². The molecule has 1 amide bonds. The fourth-order valence-corrected chi connectivity index (χ4v) is 6.10. The number of aromatic nitrogens is 5. The van der Waals surface area contributed by atoms with Gasteiger partial charge in [-0.2, -0.15) is 14.7 Å².